The summed E-state index contributed by atoms with van der Waals surface area (Å²) in [7, 11) is 0. The van der Waals surface area contributed by atoms with Crippen LogP contribution in [-0.2, 0) is 18.6 Å². The van der Waals surface area contributed by atoms with E-state index in [-0.39, 0.29) is 31.1 Å². The number of nitrogens with zero attached hydrogens (tertiary/aromatic N) is 3. The van der Waals surface area contributed by atoms with Crippen LogP contribution in [0.3, 0.4) is 0 Å². The van der Waals surface area contributed by atoms with Gasteiger partial charge in [-0.3, -0.25) is 0 Å². The maximum absolute atomic E-state index is 10.3. The number of aliphatic hydroxyl groups is 2. The molecule has 35 heavy (non-hydrogen) atoms. The summed E-state index contributed by atoms with van der Waals surface area (Å²) in [5.41, 5.74) is 2.43. The highest BCUT2D eigenvalue weighted by Crippen LogP contribution is 2.36. The molecule has 2 N–H and O–H groups in total. The Balaban J connectivity index is 1.61. The van der Waals surface area contributed by atoms with Crippen LogP contribution in [0.4, 0.5) is 0 Å². The van der Waals surface area contributed by atoms with Crippen molar-refractivity contribution >= 4 is 45.8 Å². The Morgan fingerprint density at radius 1 is 1.09 bits per heavy atom. The van der Waals surface area contributed by atoms with Gasteiger partial charge >= 0.3 is 0 Å². The molecule has 2 aromatic carbocycles. The van der Waals surface area contributed by atoms with Gasteiger partial charge in [-0.1, -0.05) is 55.8 Å². The second-order valence-corrected chi connectivity index (χ2v) is 10.7. The standard InChI is InChI=1S/C25H30Cl2IN3O4/c1-16(11-26)14-35-23-9-6-18(10-21(23)27)25(2,3)17-4-7-20(8-5-17)34-15-19(33)12-31-22(13-32)24(28)29-30-31/h4-10,16,19,32-33H,11-15H2,1-3H3/t16-,19+/m1/s1/i28-4. The van der Waals surface area contributed by atoms with E-state index in [1.807, 2.05) is 72.0 Å². The zero-order valence-electron chi connectivity index (χ0n) is 19.9. The van der Waals surface area contributed by atoms with Crippen molar-refractivity contribution in [2.24, 2.45) is 5.92 Å². The minimum absolute atomic E-state index is 0.0868. The zero-order valence-corrected chi connectivity index (χ0v) is 23.6. The van der Waals surface area contributed by atoms with Gasteiger partial charge in [-0.05, 0) is 58.0 Å². The van der Waals surface area contributed by atoms with E-state index in [2.05, 4.69) is 24.2 Å². The summed E-state index contributed by atoms with van der Waals surface area (Å²) in [6.45, 7) is 6.88. The van der Waals surface area contributed by atoms with E-state index in [0.717, 1.165) is 11.1 Å². The first-order valence-electron chi connectivity index (χ1n) is 11.2. The largest absolute Gasteiger partial charge is 0.492 e. The molecule has 7 nitrogen and oxygen atoms in total. The molecule has 1 aromatic heterocycles. The number of aliphatic hydroxyl groups excluding tert-OH is 2. The van der Waals surface area contributed by atoms with E-state index in [1.165, 1.54) is 4.68 Å². The summed E-state index contributed by atoms with van der Waals surface area (Å²) >= 11 is 14.3. The molecule has 1 heterocycles. The van der Waals surface area contributed by atoms with Crippen LogP contribution < -0.4 is 9.47 Å². The Morgan fingerprint density at radius 2 is 1.77 bits per heavy atom. The van der Waals surface area contributed by atoms with Crippen molar-refractivity contribution in [3.05, 3.63) is 68.0 Å². The molecule has 2 atom stereocenters. The third-order valence-corrected chi connectivity index (χ3v) is 7.44. The lowest BCUT2D eigenvalue weighted by molar-refractivity contribution is 0.0866. The molecule has 0 amide bonds. The molecule has 0 saturated heterocycles. The van der Waals surface area contributed by atoms with Crippen molar-refractivity contribution < 1.29 is 19.7 Å². The van der Waals surface area contributed by atoms with Crippen LogP contribution in [0.1, 0.15) is 37.6 Å². The lowest BCUT2D eigenvalue weighted by Gasteiger charge is -2.27. The van der Waals surface area contributed by atoms with Gasteiger partial charge in [0, 0.05) is 17.2 Å². The van der Waals surface area contributed by atoms with Gasteiger partial charge in [0.25, 0.3) is 0 Å². The van der Waals surface area contributed by atoms with E-state index in [0.29, 0.717) is 38.4 Å². The van der Waals surface area contributed by atoms with Crippen molar-refractivity contribution in [1.29, 1.82) is 0 Å². The maximum atomic E-state index is 10.3. The molecular weight excluding hydrogens is 600 g/mol. The number of ether oxygens (including phenoxy) is 2. The summed E-state index contributed by atoms with van der Waals surface area (Å²) in [5.74, 6) is 2.08. The predicted octanol–water partition coefficient (Wildman–Crippen LogP) is 5.05. The molecule has 3 rings (SSSR count). The van der Waals surface area contributed by atoms with Crippen LogP contribution in [-0.4, -0.2) is 50.4 Å². The van der Waals surface area contributed by atoms with Gasteiger partial charge in [0.2, 0.25) is 0 Å². The number of aromatic nitrogens is 3. The fourth-order valence-corrected chi connectivity index (χ4v) is 4.34. The number of alkyl halides is 1. The highest BCUT2D eigenvalue weighted by molar-refractivity contribution is 14.1. The van der Waals surface area contributed by atoms with Crippen molar-refractivity contribution in [2.45, 2.75) is 45.4 Å². The number of hydrogen-bond acceptors (Lipinski definition) is 6. The minimum Gasteiger partial charge on any atom is -0.492 e. The average Bonchev–Trinajstić information content (AvgIpc) is 3.20. The first-order valence-corrected chi connectivity index (χ1v) is 13.2. The van der Waals surface area contributed by atoms with E-state index >= 15 is 0 Å². The molecule has 0 bridgehead atoms. The Labute approximate surface area is 229 Å². The maximum Gasteiger partial charge on any atom is 0.149 e. The first-order chi connectivity index (χ1) is 16.6. The minimum atomic E-state index is -0.802. The van der Waals surface area contributed by atoms with Gasteiger partial charge in [-0.15, -0.1) is 16.7 Å². The van der Waals surface area contributed by atoms with E-state index in [9.17, 15) is 10.2 Å². The smallest absolute Gasteiger partial charge is 0.149 e. The van der Waals surface area contributed by atoms with Gasteiger partial charge in [-0.2, -0.15) is 0 Å². The third kappa shape index (κ3) is 7.22. The van der Waals surface area contributed by atoms with Crippen LogP contribution in [0.25, 0.3) is 0 Å². The monoisotopic (exact) mass is 629 g/mol. The van der Waals surface area contributed by atoms with Gasteiger partial charge in [0.1, 0.15) is 27.9 Å². The number of rotatable bonds is 12. The van der Waals surface area contributed by atoms with E-state index in [4.69, 9.17) is 32.7 Å². The van der Waals surface area contributed by atoms with Crippen LogP contribution in [0.5, 0.6) is 11.5 Å². The van der Waals surface area contributed by atoms with Crippen LogP contribution >= 0.6 is 45.8 Å². The Hall–Kier alpha value is -1.59. The number of benzene rings is 2. The third-order valence-electron chi connectivity index (χ3n) is 5.78. The summed E-state index contributed by atoms with van der Waals surface area (Å²) in [6, 6.07) is 13.6. The van der Waals surface area contributed by atoms with Gasteiger partial charge in [0.15, 0.2) is 0 Å². The topological polar surface area (TPSA) is 89.6 Å². The Bertz CT molecular complexity index is 1110. The predicted molar refractivity (Wildman–Crippen MR) is 146 cm³/mol. The molecule has 0 spiro atoms. The summed E-state index contributed by atoms with van der Waals surface area (Å²) < 4.78 is 13.7. The lowest BCUT2D eigenvalue weighted by atomic mass is 9.78. The molecule has 0 aliphatic carbocycles. The quantitative estimate of drug-likeness (QED) is 0.215. The lowest BCUT2D eigenvalue weighted by Crippen LogP contribution is -2.25. The van der Waals surface area contributed by atoms with Crippen molar-refractivity contribution in [3.8, 4) is 11.5 Å². The highest BCUT2D eigenvalue weighted by Gasteiger charge is 2.24. The normalized spacial score (nSPS) is 13.5. The van der Waals surface area contributed by atoms with Gasteiger partial charge in [0.05, 0.1) is 30.5 Å². The van der Waals surface area contributed by atoms with Crippen molar-refractivity contribution in [1.82, 2.24) is 15.0 Å². The van der Waals surface area contributed by atoms with Crippen molar-refractivity contribution in [2.75, 3.05) is 19.1 Å². The zero-order chi connectivity index (χ0) is 25.6. The molecule has 3 aromatic rings. The molecule has 0 radical (unpaired) electrons. The molecule has 0 saturated carbocycles. The molecule has 0 aliphatic rings. The summed E-state index contributed by atoms with van der Waals surface area (Å²) in [5, 5.41) is 28.2. The number of hydrogen-bond donors (Lipinski definition) is 2. The Kier molecular flexibility index (Phi) is 10.1. The van der Waals surface area contributed by atoms with E-state index in [1.54, 1.807) is 0 Å². The molecule has 10 heteroatoms. The number of halogens is 3. The SMILES string of the molecule is C[C@H](CCl)COc1ccc(C(C)(C)c2ccc(OC[C@@H](O)Cn3nnc([123I])c3CO)cc2)cc1Cl. The van der Waals surface area contributed by atoms with Crippen LogP contribution in [0.15, 0.2) is 42.5 Å². The van der Waals surface area contributed by atoms with Gasteiger partial charge < -0.3 is 19.7 Å². The fraction of sp³-hybridized carbons (Fsp3) is 0.440. The second-order valence-electron chi connectivity index (χ2n) is 9.00. The average molecular weight is 630 g/mol. The summed E-state index contributed by atoms with van der Waals surface area (Å²) in [4.78, 5) is 0. The molecule has 0 aliphatic heterocycles. The fourth-order valence-electron chi connectivity index (χ4n) is 3.47. The Morgan fingerprint density at radius 3 is 2.40 bits per heavy atom. The second kappa shape index (κ2) is 12.6. The van der Waals surface area contributed by atoms with Crippen LogP contribution in [0, 0.1) is 9.62 Å². The van der Waals surface area contributed by atoms with Crippen molar-refractivity contribution in [3.63, 3.8) is 0 Å². The van der Waals surface area contributed by atoms with E-state index < -0.39 is 6.10 Å². The van der Waals surface area contributed by atoms with Crippen LogP contribution in [0.2, 0.25) is 5.02 Å². The molecular formula is C25H30Cl2IN3O4. The summed E-state index contributed by atoms with van der Waals surface area (Å²) in [6.07, 6.45) is -0.802. The highest BCUT2D eigenvalue weighted by atomic mass is 123. The molecule has 0 fully saturated rings. The molecule has 0 unspecified atom stereocenters. The molecule has 190 valence electrons. The van der Waals surface area contributed by atoms with Gasteiger partial charge in [-0.25, -0.2) is 4.68 Å². The first kappa shape index (κ1) is 28.0.